The number of amides is 3. The lowest BCUT2D eigenvalue weighted by Crippen LogP contribution is -2.27. The predicted octanol–water partition coefficient (Wildman–Crippen LogP) is 3.00. The Morgan fingerprint density at radius 2 is 2.00 bits per heavy atom. The SMILES string of the molecule is O=C(Nc1cccc(N2CCNC2=O)c1)c1cn[nH]c1-c1ccc(F)cc1. The molecule has 1 aliphatic rings. The first-order valence-corrected chi connectivity index (χ1v) is 8.38. The molecule has 27 heavy (non-hydrogen) atoms. The van der Waals surface area contributed by atoms with Gasteiger partial charge in [0, 0.05) is 30.0 Å². The summed E-state index contributed by atoms with van der Waals surface area (Å²) in [6, 6.07) is 12.7. The van der Waals surface area contributed by atoms with Gasteiger partial charge in [0.2, 0.25) is 0 Å². The second kappa shape index (κ2) is 6.91. The third kappa shape index (κ3) is 3.37. The molecule has 2 aromatic carbocycles. The lowest BCUT2D eigenvalue weighted by molar-refractivity contribution is 0.102. The lowest BCUT2D eigenvalue weighted by atomic mass is 10.1. The van der Waals surface area contributed by atoms with Gasteiger partial charge in [0.1, 0.15) is 5.82 Å². The number of rotatable bonds is 4. The molecule has 4 rings (SSSR count). The van der Waals surface area contributed by atoms with E-state index in [1.165, 1.54) is 18.3 Å². The topological polar surface area (TPSA) is 90.1 Å². The number of nitrogens with one attached hydrogen (secondary N) is 3. The third-order valence-electron chi connectivity index (χ3n) is 4.29. The summed E-state index contributed by atoms with van der Waals surface area (Å²) < 4.78 is 13.1. The van der Waals surface area contributed by atoms with Gasteiger partial charge in [-0.25, -0.2) is 9.18 Å². The molecule has 0 unspecified atom stereocenters. The van der Waals surface area contributed by atoms with Crippen molar-refractivity contribution in [3.05, 3.63) is 66.1 Å². The quantitative estimate of drug-likeness (QED) is 0.664. The molecule has 2 heterocycles. The average molecular weight is 365 g/mol. The number of nitrogens with zero attached hydrogens (tertiary/aromatic N) is 2. The van der Waals surface area contributed by atoms with Crippen LogP contribution < -0.4 is 15.5 Å². The molecule has 1 fully saturated rings. The Kier molecular flexibility index (Phi) is 4.29. The minimum Gasteiger partial charge on any atom is -0.336 e. The van der Waals surface area contributed by atoms with Crippen LogP contribution >= 0.6 is 0 Å². The van der Waals surface area contributed by atoms with Crippen molar-refractivity contribution in [3.63, 3.8) is 0 Å². The Bertz CT molecular complexity index is 999. The van der Waals surface area contributed by atoms with Crippen molar-refractivity contribution in [2.24, 2.45) is 0 Å². The zero-order chi connectivity index (χ0) is 18.8. The van der Waals surface area contributed by atoms with Crippen LogP contribution in [0.5, 0.6) is 0 Å². The maximum atomic E-state index is 13.1. The highest BCUT2D eigenvalue weighted by atomic mass is 19.1. The highest BCUT2D eigenvalue weighted by molar-refractivity contribution is 6.08. The van der Waals surface area contributed by atoms with Crippen molar-refractivity contribution >= 4 is 23.3 Å². The Morgan fingerprint density at radius 1 is 1.19 bits per heavy atom. The lowest BCUT2D eigenvalue weighted by Gasteiger charge is -2.15. The maximum absolute atomic E-state index is 13.1. The minimum absolute atomic E-state index is 0.160. The van der Waals surface area contributed by atoms with Crippen molar-refractivity contribution in [1.82, 2.24) is 15.5 Å². The second-order valence-corrected chi connectivity index (χ2v) is 6.05. The van der Waals surface area contributed by atoms with Crippen molar-refractivity contribution < 1.29 is 14.0 Å². The summed E-state index contributed by atoms with van der Waals surface area (Å²) >= 11 is 0. The molecule has 0 bridgehead atoms. The van der Waals surface area contributed by atoms with E-state index in [2.05, 4.69) is 20.8 Å². The number of aromatic nitrogens is 2. The number of benzene rings is 2. The van der Waals surface area contributed by atoms with Gasteiger partial charge in [0.25, 0.3) is 5.91 Å². The standard InChI is InChI=1S/C19H16FN5O2/c20-13-6-4-12(5-7-13)17-16(11-22-24-17)18(26)23-14-2-1-3-15(10-14)25-9-8-21-19(25)27/h1-7,10-11H,8-9H2,(H,21,27)(H,22,24)(H,23,26). The van der Waals surface area contributed by atoms with E-state index in [1.807, 2.05) is 6.07 Å². The maximum Gasteiger partial charge on any atom is 0.321 e. The largest absolute Gasteiger partial charge is 0.336 e. The first-order chi connectivity index (χ1) is 13.1. The molecule has 1 aromatic heterocycles. The number of halogens is 1. The molecule has 0 aliphatic carbocycles. The summed E-state index contributed by atoms with van der Waals surface area (Å²) in [5, 5.41) is 12.3. The highest BCUT2D eigenvalue weighted by Crippen LogP contribution is 2.24. The van der Waals surface area contributed by atoms with Gasteiger partial charge in [-0.3, -0.25) is 14.8 Å². The van der Waals surface area contributed by atoms with E-state index in [1.54, 1.807) is 35.2 Å². The molecule has 3 aromatic rings. The third-order valence-corrected chi connectivity index (χ3v) is 4.29. The van der Waals surface area contributed by atoms with Gasteiger partial charge in [-0.15, -0.1) is 0 Å². The van der Waals surface area contributed by atoms with Gasteiger partial charge < -0.3 is 10.6 Å². The van der Waals surface area contributed by atoms with Crippen molar-refractivity contribution in [2.75, 3.05) is 23.3 Å². The number of carbonyl (C=O) groups excluding carboxylic acids is 2. The van der Waals surface area contributed by atoms with E-state index < -0.39 is 0 Å². The van der Waals surface area contributed by atoms with Crippen LogP contribution in [0.3, 0.4) is 0 Å². The van der Waals surface area contributed by atoms with E-state index >= 15 is 0 Å². The summed E-state index contributed by atoms with van der Waals surface area (Å²) in [5.74, 6) is -0.710. The van der Waals surface area contributed by atoms with Crippen LogP contribution in [-0.2, 0) is 0 Å². The van der Waals surface area contributed by atoms with E-state index in [0.717, 1.165) is 0 Å². The minimum atomic E-state index is -0.355. The fourth-order valence-corrected chi connectivity index (χ4v) is 2.96. The van der Waals surface area contributed by atoms with Gasteiger partial charge in [-0.2, -0.15) is 5.10 Å². The molecule has 0 spiro atoms. The fourth-order valence-electron chi connectivity index (χ4n) is 2.96. The van der Waals surface area contributed by atoms with E-state index in [-0.39, 0.29) is 17.8 Å². The Labute approximate surface area is 154 Å². The average Bonchev–Trinajstić information content (AvgIpc) is 3.31. The molecule has 8 heteroatoms. The molecule has 3 amide bonds. The van der Waals surface area contributed by atoms with E-state index in [4.69, 9.17) is 0 Å². The molecule has 1 aliphatic heterocycles. The molecule has 0 atom stereocenters. The zero-order valence-corrected chi connectivity index (χ0v) is 14.2. The Hall–Kier alpha value is -3.68. The fraction of sp³-hybridized carbons (Fsp3) is 0.105. The molecule has 3 N–H and O–H groups in total. The van der Waals surface area contributed by atoms with Crippen molar-refractivity contribution in [3.8, 4) is 11.3 Å². The molecule has 136 valence electrons. The molecular formula is C19H16FN5O2. The monoisotopic (exact) mass is 365 g/mol. The summed E-state index contributed by atoms with van der Waals surface area (Å²) in [5.41, 5.74) is 2.76. The van der Waals surface area contributed by atoms with E-state index in [9.17, 15) is 14.0 Å². The molecule has 0 saturated carbocycles. The number of hydrogen-bond donors (Lipinski definition) is 3. The number of carbonyl (C=O) groups is 2. The number of anilines is 2. The molecule has 7 nitrogen and oxygen atoms in total. The normalized spacial score (nSPS) is 13.5. The van der Waals surface area contributed by atoms with E-state index in [0.29, 0.717) is 41.3 Å². The number of hydrogen-bond acceptors (Lipinski definition) is 3. The second-order valence-electron chi connectivity index (χ2n) is 6.05. The molecular weight excluding hydrogens is 349 g/mol. The van der Waals surface area contributed by atoms with Crippen LogP contribution in [0.15, 0.2) is 54.7 Å². The van der Waals surface area contributed by atoms with Crippen molar-refractivity contribution in [2.45, 2.75) is 0 Å². The van der Waals surface area contributed by atoms with Crippen LogP contribution in [0.2, 0.25) is 0 Å². The van der Waals surface area contributed by atoms with Crippen molar-refractivity contribution in [1.29, 1.82) is 0 Å². The first-order valence-electron chi connectivity index (χ1n) is 8.38. The zero-order valence-electron chi connectivity index (χ0n) is 14.2. The van der Waals surface area contributed by atoms with Gasteiger partial charge >= 0.3 is 6.03 Å². The van der Waals surface area contributed by atoms with Gasteiger partial charge in [0.05, 0.1) is 17.5 Å². The first kappa shape index (κ1) is 16.8. The summed E-state index contributed by atoms with van der Waals surface area (Å²) in [4.78, 5) is 26.1. The van der Waals surface area contributed by atoms with Crippen LogP contribution in [0.4, 0.5) is 20.6 Å². The number of urea groups is 1. The van der Waals surface area contributed by atoms with Gasteiger partial charge in [0.15, 0.2) is 0 Å². The highest BCUT2D eigenvalue weighted by Gasteiger charge is 2.21. The van der Waals surface area contributed by atoms with Crippen LogP contribution in [-0.4, -0.2) is 35.2 Å². The smallest absolute Gasteiger partial charge is 0.321 e. The Balaban J connectivity index is 1.56. The van der Waals surface area contributed by atoms with Gasteiger partial charge in [-0.1, -0.05) is 6.07 Å². The molecule has 0 radical (unpaired) electrons. The number of H-pyrrole nitrogens is 1. The summed E-state index contributed by atoms with van der Waals surface area (Å²) in [7, 11) is 0. The molecule has 1 saturated heterocycles. The van der Waals surface area contributed by atoms with Crippen LogP contribution in [0.25, 0.3) is 11.3 Å². The Morgan fingerprint density at radius 3 is 2.74 bits per heavy atom. The summed E-state index contributed by atoms with van der Waals surface area (Å²) in [6.45, 7) is 1.16. The van der Waals surface area contributed by atoms with Crippen LogP contribution in [0, 0.1) is 5.82 Å². The van der Waals surface area contributed by atoms with Crippen LogP contribution in [0.1, 0.15) is 10.4 Å². The number of aromatic amines is 1. The summed E-state index contributed by atoms with van der Waals surface area (Å²) in [6.07, 6.45) is 1.42. The predicted molar refractivity (Wildman–Crippen MR) is 99.1 cm³/mol. The van der Waals surface area contributed by atoms with Gasteiger partial charge in [-0.05, 0) is 42.5 Å².